The van der Waals surface area contributed by atoms with Crippen molar-refractivity contribution in [2.75, 3.05) is 13.1 Å². The maximum atomic E-state index is 13.2. The van der Waals surface area contributed by atoms with Crippen molar-refractivity contribution in [2.45, 2.75) is 72.1 Å². The molecule has 1 saturated heterocycles. The SMILES string of the molecule is Cc1[nH]n2c(=O)c(C(=O)NC3CC3)c(O)[n+](CC(C)C)c2c1/C=C/C(=O)N1CC[C@H](C(C)(C)O)C1. The Hall–Kier alpha value is -3.14. The summed E-state index contributed by atoms with van der Waals surface area (Å²) in [5.41, 5.74) is -0.189. The van der Waals surface area contributed by atoms with Gasteiger partial charge in [0.05, 0.1) is 23.4 Å². The maximum Gasteiger partial charge on any atom is 0.378 e. The standard InChI is InChI=1S/C25H35N5O5/c1-14(2)12-29-22-18(8-9-19(31)28-11-10-16(13-28)25(4,5)35)15(3)27-30(22)24(34)20(23(29)33)21(32)26-17-6-7-17/h8-9,14,16-17,35H,6-7,10-13H2,1-5H3,(H2,26,32,33,34)/p+1/b9-8+/t16-/m0/s1. The lowest BCUT2D eigenvalue weighted by molar-refractivity contribution is -0.686. The molecule has 1 saturated carbocycles. The van der Waals surface area contributed by atoms with Gasteiger partial charge < -0.3 is 20.4 Å². The van der Waals surface area contributed by atoms with Gasteiger partial charge in [0.1, 0.15) is 0 Å². The minimum atomic E-state index is -0.850. The van der Waals surface area contributed by atoms with Gasteiger partial charge in [0, 0.05) is 31.1 Å². The molecule has 35 heavy (non-hydrogen) atoms. The highest BCUT2D eigenvalue weighted by Crippen LogP contribution is 2.27. The Morgan fingerprint density at radius 2 is 1.97 bits per heavy atom. The Morgan fingerprint density at radius 3 is 2.54 bits per heavy atom. The molecule has 0 aromatic carbocycles. The molecule has 2 aromatic rings. The number of rotatable bonds is 7. The Kier molecular flexibility index (Phi) is 6.52. The first-order chi connectivity index (χ1) is 16.4. The molecule has 1 aliphatic carbocycles. The minimum Gasteiger partial charge on any atom is -0.477 e. The van der Waals surface area contributed by atoms with Gasteiger partial charge in [-0.3, -0.25) is 9.59 Å². The fourth-order valence-corrected chi connectivity index (χ4v) is 4.64. The third kappa shape index (κ3) is 4.98. The number of hydrogen-bond acceptors (Lipinski definition) is 5. The van der Waals surface area contributed by atoms with Crippen molar-refractivity contribution >= 4 is 23.5 Å². The second-order valence-electron chi connectivity index (χ2n) is 10.8. The van der Waals surface area contributed by atoms with E-state index in [9.17, 15) is 24.6 Å². The van der Waals surface area contributed by atoms with Crippen molar-refractivity contribution in [3.05, 3.63) is 33.3 Å². The van der Waals surface area contributed by atoms with Crippen LogP contribution in [-0.2, 0) is 11.3 Å². The van der Waals surface area contributed by atoms with Gasteiger partial charge in [0.15, 0.2) is 0 Å². The second-order valence-corrected chi connectivity index (χ2v) is 10.8. The number of fused-ring (bicyclic) bond motifs is 1. The molecule has 10 nitrogen and oxygen atoms in total. The largest absolute Gasteiger partial charge is 0.477 e. The van der Waals surface area contributed by atoms with E-state index < -0.39 is 17.1 Å². The molecule has 4 rings (SSSR count). The smallest absolute Gasteiger partial charge is 0.378 e. The van der Waals surface area contributed by atoms with Crippen LogP contribution in [0, 0.1) is 18.8 Å². The summed E-state index contributed by atoms with van der Waals surface area (Å²) in [6.07, 6.45) is 5.55. The van der Waals surface area contributed by atoms with Crippen LogP contribution in [0.3, 0.4) is 0 Å². The van der Waals surface area contributed by atoms with Crippen LogP contribution in [0.4, 0.5) is 0 Å². The van der Waals surface area contributed by atoms with Crippen LogP contribution in [0.25, 0.3) is 11.7 Å². The van der Waals surface area contributed by atoms with Crippen LogP contribution in [0.5, 0.6) is 5.88 Å². The van der Waals surface area contributed by atoms with Crippen LogP contribution < -0.4 is 15.4 Å². The number of carbonyl (C=O) groups is 2. The molecule has 1 aliphatic heterocycles. The molecule has 2 aliphatic rings. The zero-order valence-corrected chi connectivity index (χ0v) is 21.1. The summed E-state index contributed by atoms with van der Waals surface area (Å²) in [7, 11) is 0. The number of aryl methyl sites for hydroxylation is 1. The average molecular weight is 487 g/mol. The molecule has 2 fully saturated rings. The van der Waals surface area contributed by atoms with E-state index in [-0.39, 0.29) is 35.2 Å². The van der Waals surface area contributed by atoms with Crippen LogP contribution in [0.2, 0.25) is 0 Å². The lowest BCUT2D eigenvalue weighted by Gasteiger charge is -2.25. The number of likely N-dealkylation sites (tertiary alicyclic amines) is 1. The van der Waals surface area contributed by atoms with Gasteiger partial charge in [-0.15, -0.1) is 0 Å². The molecule has 10 heteroatoms. The van der Waals surface area contributed by atoms with Gasteiger partial charge in [0.25, 0.3) is 5.91 Å². The van der Waals surface area contributed by atoms with Crippen molar-refractivity contribution in [3.63, 3.8) is 0 Å². The van der Waals surface area contributed by atoms with E-state index in [1.807, 2.05) is 13.8 Å². The molecule has 4 N–H and O–H groups in total. The zero-order valence-electron chi connectivity index (χ0n) is 21.1. The number of carbonyl (C=O) groups excluding carboxylic acids is 2. The molecule has 0 radical (unpaired) electrons. The topological polar surface area (TPSA) is 131 Å². The predicted octanol–water partition coefficient (Wildman–Crippen LogP) is 1.11. The quantitative estimate of drug-likeness (QED) is 0.344. The summed E-state index contributed by atoms with van der Waals surface area (Å²) in [4.78, 5) is 40.6. The molecule has 0 unspecified atom stereocenters. The molecule has 0 spiro atoms. The number of H-pyrrole nitrogens is 1. The number of amides is 2. The Balaban J connectivity index is 1.73. The molecule has 0 bridgehead atoms. The summed E-state index contributed by atoms with van der Waals surface area (Å²) in [5.74, 6) is -1.02. The van der Waals surface area contributed by atoms with Gasteiger partial charge in [0.2, 0.25) is 11.5 Å². The highest BCUT2D eigenvalue weighted by atomic mass is 16.3. The first kappa shape index (κ1) is 25.0. The van der Waals surface area contributed by atoms with Crippen LogP contribution in [-0.4, -0.2) is 61.3 Å². The van der Waals surface area contributed by atoms with Gasteiger partial charge in [-0.1, -0.05) is 18.4 Å². The third-order valence-electron chi connectivity index (χ3n) is 6.87. The lowest BCUT2D eigenvalue weighted by Crippen LogP contribution is -2.46. The van der Waals surface area contributed by atoms with Crippen molar-refractivity contribution in [2.24, 2.45) is 11.8 Å². The van der Waals surface area contributed by atoms with Crippen LogP contribution >= 0.6 is 0 Å². The second kappa shape index (κ2) is 9.14. The number of aliphatic hydroxyl groups is 1. The zero-order chi connectivity index (χ0) is 25.7. The summed E-state index contributed by atoms with van der Waals surface area (Å²) in [6.45, 7) is 10.7. The minimum absolute atomic E-state index is 0.0126. The summed E-state index contributed by atoms with van der Waals surface area (Å²) in [6, 6.07) is 0.0389. The monoisotopic (exact) mass is 486 g/mol. The maximum absolute atomic E-state index is 13.2. The molecule has 2 aromatic heterocycles. The van der Waals surface area contributed by atoms with Crippen molar-refractivity contribution in [1.29, 1.82) is 0 Å². The first-order valence-corrected chi connectivity index (χ1v) is 12.3. The number of aromatic nitrogens is 3. The van der Waals surface area contributed by atoms with Gasteiger partial charge >= 0.3 is 17.1 Å². The van der Waals surface area contributed by atoms with E-state index >= 15 is 0 Å². The average Bonchev–Trinajstić information content (AvgIpc) is 3.29. The number of aromatic amines is 1. The number of hydrogen-bond donors (Lipinski definition) is 4. The van der Waals surface area contributed by atoms with E-state index in [0.29, 0.717) is 36.5 Å². The van der Waals surface area contributed by atoms with E-state index in [2.05, 4.69) is 10.4 Å². The molecule has 3 heterocycles. The first-order valence-electron chi connectivity index (χ1n) is 12.3. The van der Waals surface area contributed by atoms with Gasteiger partial charge in [-0.25, -0.2) is 9.89 Å². The van der Waals surface area contributed by atoms with E-state index in [4.69, 9.17) is 0 Å². The lowest BCUT2D eigenvalue weighted by atomic mass is 9.90. The third-order valence-corrected chi connectivity index (χ3v) is 6.87. The number of nitrogens with one attached hydrogen (secondary N) is 2. The molecule has 190 valence electrons. The highest BCUT2D eigenvalue weighted by molar-refractivity contribution is 5.96. The van der Waals surface area contributed by atoms with Crippen LogP contribution in [0.1, 0.15) is 68.6 Å². The highest BCUT2D eigenvalue weighted by Gasteiger charge is 2.36. The van der Waals surface area contributed by atoms with Gasteiger partial charge in [-0.2, -0.15) is 4.57 Å². The predicted molar refractivity (Wildman–Crippen MR) is 130 cm³/mol. The Bertz CT molecular complexity index is 1250. The van der Waals surface area contributed by atoms with Gasteiger partial charge in [-0.05, 0) is 52.0 Å². The van der Waals surface area contributed by atoms with Crippen molar-refractivity contribution in [1.82, 2.24) is 19.8 Å². The Morgan fingerprint density at radius 1 is 1.29 bits per heavy atom. The summed E-state index contributed by atoms with van der Waals surface area (Å²) in [5, 5.41) is 27.1. The summed E-state index contributed by atoms with van der Waals surface area (Å²) >= 11 is 0. The number of aromatic hydroxyl groups is 1. The number of nitrogens with zero attached hydrogens (tertiary/aromatic N) is 3. The Labute approximate surface area is 204 Å². The van der Waals surface area contributed by atoms with Crippen LogP contribution in [0.15, 0.2) is 10.9 Å². The van der Waals surface area contributed by atoms with Crippen molar-refractivity contribution in [3.8, 4) is 5.88 Å². The normalized spacial score (nSPS) is 18.8. The van der Waals surface area contributed by atoms with E-state index in [1.165, 1.54) is 10.6 Å². The van der Waals surface area contributed by atoms with E-state index in [0.717, 1.165) is 19.3 Å². The molecule has 2 amide bonds. The molecular formula is C25H36N5O5+. The fraction of sp³-hybridized carbons (Fsp3) is 0.600. The summed E-state index contributed by atoms with van der Waals surface area (Å²) < 4.78 is 2.82. The molecular weight excluding hydrogens is 450 g/mol. The van der Waals surface area contributed by atoms with E-state index in [1.54, 1.807) is 36.3 Å². The molecule has 1 atom stereocenters. The van der Waals surface area contributed by atoms with Crippen molar-refractivity contribution < 1.29 is 24.4 Å². The fourth-order valence-electron chi connectivity index (χ4n) is 4.64.